The Morgan fingerprint density at radius 3 is 2.24 bits per heavy atom. The van der Waals surface area contributed by atoms with Crippen LogP contribution in [0.5, 0.6) is 5.75 Å². The molecular weight excluding hydrogens is 210 g/mol. The van der Waals surface area contributed by atoms with Gasteiger partial charge in [0, 0.05) is 0 Å². The standard InChI is InChI=1S/C13H18O.C2H7N/c1-3-5-6-11-14-13-9-7-12(4-2)8-10-13;1-3-2/h4,7-10H,2-3,5-6,11H2,1H3;3H,1-2H3. The molecule has 0 heterocycles. The summed E-state index contributed by atoms with van der Waals surface area (Å²) in [4.78, 5) is 0. The highest BCUT2D eigenvalue weighted by Crippen LogP contribution is 2.13. The molecule has 0 bridgehead atoms. The van der Waals surface area contributed by atoms with Crippen LogP contribution in [0.25, 0.3) is 6.08 Å². The normalized spacial score (nSPS) is 9.12. The lowest BCUT2D eigenvalue weighted by molar-refractivity contribution is 0.306. The zero-order valence-corrected chi connectivity index (χ0v) is 11.3. The molecule has 0 spiro atoms. The molecule has 0 unspecified atom stereocenters. The molecule has 1 rings (SSSR count). The number of rotatable bonds is 6. The molecule has 0 saturated carbocycles. The van der Waals surface area contributed by atoms with Crippen LogP contribution in [0, 0.1) is 0 Å². The Balaban J connectivity index is 0.000000770. The van der Waals surface area contributed by atoms with Gasteiger partial charge in [0.2, 0.25) is 0 Å². The minimum Gasteiger partial charge on any atom is -0.494 e. The molecule has 0 aliphatic rings. The molecule has 1 aromatic rings. The molecule has 1 aromatic carbocycles. The third-order valence-electron chi connectivity index (χ3n) is 2.13. The molecule has 17 heavy (non-hydrogen) atoms. The average molecular weight is 235 g/mol. The summed E-state index contributed by atoms with van der Waals surface area (Å²) in [5, 5.41) is 2.75. The van der Waals surface area contributed by atoms with Crippen LogP contribution < -0.4 is 10.1 Å². The monoisotopic (exact) mass is 235 g/mol. The van der Waals surface area contributed by atoms with Gasteiger partial charge in [-0.25, -0.2) is 0 Å². The molecule has 0 aliphatic carbocycles. The fourth-order valence-electron chi connectivity index (χ4n) is 1.24. The van der Waals surface area contributed by atoms with Gasteiger partial charge in [-0.05, 0) is 38.2 Å². The first-order valence-electron chi connectivity index (χ1n) is 6.22. The molecule has 96 valence electrons. The third kappa shape index (κ3) is 8.52. The van der Waals surface area contributed by atoms with E-state index in [9.17, 15) is 0 Å². The van der Waals surface area contributed by atoms with E-state index in [2.05, 4.69) is 18.8 Å². The van der Waals surface area contributed by atoms with Gasteiger partial charge in [-0.3, -0.25) is 0 Å². The highest BCUT2D eigenvalue weighted by Gasteiger charge is 1.92. The highest BCUT2D eigenvalue weighted by molar-refractivity contribution is 5.48. The fraction of sp³-hybridized carbons (Fsp3) is 0.467. The highest BCUT2D eigenvalue weighted by atomic mass is 16.5. The maximum atomic E-state index is 5.57. The van der Waals surface area contributed by atoms with E-state index in [1.54, 1.807) is 0 Å². The minimum absolute atomic E-state index is 0.821. The molecule has 1 N–H and O–H groups in total. The smallest absolute Gasteiger partial charge is 0.119 e. The van der Waals surface area contributed by atoms with Crippen molar-refractivity contribution in [1.82, 2.24) is 5.32 Å². The van der Waals surface area contributed by atoms with E-state index < -0.39 is 0 Å². The van der Waals surface area contributed by atoms with Crippen molar-refractivity contribution in [3.63, 3.8) is 0 Å². The largest absolute Gasteiger partial charge is 0.494 e. The van der Waals surface area contributed by atoms with Gasteiger partial charge >= 0.3 is 0 Å². The number of benzene rings is 1. The molecule has 0 aromatic heterocycles. The second-order valence-corrected chi connectivity index (χ2v) is 3.83. The average Bonchev–Trinajstić information content (AvgIpc) is 2.36. The van der Waals surface area contributed by atoms with Crippen LogP contribution in [0.4, 0.5) is 0 Å². The Morgan fingerprint density at radius 1 is 1.18 bits per heavy atom. The maximum absolute atomic E-state index is 5.57. The molecule has 0 fully saturated rings. The van der Waals surface area contributed by atoms with Crippen LogP contribution in [-0.4, -0.2) is 20.7 Å². The summed E-state index contributed by atoms with van der Waals surface area (Å²) in [6.45, 7) is 6.72. The number of ether oxygens (including phenoxy) is 1. The predicted octanol–water partition coefficient (Wildman–Crippen LogP) is 3.73. The molecule has 0 aliphatic heterocycles. The molecule has 0 radical (unpaired) electrons. The van der Waals surface area contributed by atoms with E-state index in [1.807, 2.05) is 44.4 Å². The van der Waals surface area contributed by atoms with Crippen molar-refractivity contribution in [2.75, 3.05) is 20.7 Å². The van der Waals surface area contributed by atoms with Gasteiger partial charge in [-0.1, -0.05) is 44.6 Å². The van der Waals surface area contributed by atoms with Crippen molar-refractivity contribution >= 4 is 6.08 Å². The Bertz CT molecular complexity index is 279. The SMILES string of the molecule is C=Cc1ccc(OCCCCC)cc1.CNC. The zero-order chi connectivity index (χ0) is 12.9. The van der Waals surface area contributed by atoms with E-state index in [0.717, 1.165) is 24.3 Å². The summed E-state index contributed by atoms with van der Waals surface area (Å²) in [6, 6.07) is 8.01. The lowest BCUT2D eigenvalue weighted by Crippen LogP contribution is -1.96. The Labute approximate surface area is 106 Å². The van der Waals surface area contributed by atoms with Crippen LogP contribution in [-0.2, 0) is 0 Å². The van der Waals surface area contributed by atoms with Crippen LogP contribution in [0.2, 0.25) is 0 Å². The van der Waals surface area contributed by atoms with Crippen molar-refractivity contribution in [2.24, 2.45) is 0 Å². The Hall–Kier alpha value is -1.28. The summed E-state index contributed by atoms with van der Waals surface area (Å²) in [5.41, 5.74) is 1.13. The molecule has 2 nitrogen and oxygen atoms in total. The number of unbranched alkanes of at least 4 members (excludes halogenated alkanes) is 2. The molecule has 0 amide bonds. The minimum atomic E-state index is 0.821. The van der Waals surface area contributed by atoms with E-state index in [1.165, 1.54) is 12.8 Å². The summed E-state index contributed by atoms with van der Waals surface area (Å²) in [6.07, 6.45) is 5.45. The van der Waals surface area contributed by atoms with E-state index in [0.29, 0.717) is 0 Å². The van der Waals surface area contributed by atoms with Gasteiger partial charge in [-0.15, -0.1) is 0 Å². The Kier molecular flexibility index (Phi) is 10.4. The number of hydrogen-bond donors (Lipinski definition) is 1. The summed E-state index contributed by atoms with van der Waals surface area (Å²) in [7, 11) is 3.75. The van der Waals surface area contributed by atoms with Crippen molar-refractivity contribution in [1.29, 1.82) is 0 Å². The first-order valence-corrected chi connectivity index (χ1v) is 6.22. The van der Waals surface area contributed by atoms with Crippen LogP contribution in [0.3, 0.4) is 0 Å². The maximum Gasteiger partial charge on any atom is 0.119 e. The zero-order valence-electron chi connectivity index (χ0n) is 11.3. The quantitative estimate of drug-likeness (QED) is 0.758. The molecule has 2 heteroatoms. The van der Waals surface area contributed by atoms with E-state index >= 15 is 0 Å². The van der Waals surface area contributed by atoms with Crippen LogP contribution in [0.15, 0.2) is 30.8 Å². The van der Waals surface area contributed by atoms with Gasteiger partial charge in [0.25, 0.3) is 0 Å². The van der Waals surface area contributed by atoms with Gasteiger partial charge in [-0.2, -0.15) is 0 Å². The number of hydrogen-bond acceptors (Lipinski definition) is 2. The van der Waals surface area contributed by atoms with E-state index in [-0.39, 0.29) is 0 Å². The Morgan fingerprint density at radius 2 is 1.76 bits per heavy atom. The van der Waals surface area contributed by atoms with E-state index in [4.69, 9.17) is 4.74 Å². The first kappa shape index (κ1) is 15.7. The fourth-order valence-corrected chi connectivity index (χ4v) is 1.24. The third-order valence-corrected chi connectivity index (χ3v) is 2.13. The second kappa shape index (κ2) is 11.2. The van der Waals surface area contributed by atoms with Crippen molar-refractivity contribution < 1.29 is 4.74 Å². The lowest BCUT2D eigenvalue weighted by atomic mass is 10.2. The summed E-state index contributed by atoms with van der Waals surface area (Å²) >= 11 is 0. The van der Waals surface area contributed by atoms with Crippen molar-refractivity contribution in [2.45, 2.75) is 26.2 Å². The molecular formula is C15H25NO. The van der Waals surface area contributed by atoms with Gasteiger partial charge < -0.3 is 10.1 Å². The van der Waals surface area contributed by atoms with Gasteiger partial charge in [0.05, 0.1) is 6.61 Å². The van der Waals surface area contributed by atoms with Crippen LogP contribution in [0.1, 0.15) is 31.7 Å². The van der Waals surface area contributed by atoms with Crippen molar-refractivity contribution in [3.05, 3.63) is 36.4 Å². The van der Waals surface area contributed by atoms with Crippen LogP contribution >= 0.6 is 0 Å². The second-order valence-electron chi connectivity index (χ2n) is 3.83. The topological polar surface area (TPSA) is 21.3 Å². The first-order chi connectivity index (χ1) is 8.28. The lowest BCUT2D eigenvalue weighted by Gasteiger charge is -2.05. The van der Waals surface area contributed by atoms with Gasteiger partial charge in [0.15, 0.2) is 0 Å². The molecule has 0 saturated heterocycles. The van der Waals surface area contributed by atoms with Gasteiger partial charge in [0.1, 0.15) is 5.75 Å². The summed E-state index contributed by atoms with van der Waals surface area (Å²) in [5.74, 6) is 0.951. The number of nitrogens with one attached hydrogen (secondary N) is 1. The van der Waals surface area contributed by atoms with Crippen molar-refractivity contribution in [3.8, 4) is 5.75 Å². The predicted molar refractivity (Wildman–Crippen MR) is 76.5 cm³/mol. The molecule has 0 atom stereocenters. The summed E-state index contributed by atoms with van der Waals surface area (Å²) < 4.78 is 5.57.